The lowest BCUT2D eigenvalue weighted by molar-refractivity contribution is 0.673. The molecule has 0 aliphatic carbocycles. The molecule has 0 radical (unpaired) electrons. The number of fused-ring (bicyclic) bond motifs is 10. The summed E-state index contributed by atoms with van der Waals surface area (Å²) in [5.41, 5.74) is 10.7. The molecule has 49 heavy (non-hydrogen) atoms. The maximum absolute atomic E-state index is 10.5. The van der Waals surface area contributed by atoms with Gasteiger partial charge in [0.15, 0.2) is 0 Å². The fraction of sp³-hybridized carbons (Fsp3) is 0. The molecule has 5 heteroatoms. The van der Waals surface area contributed by atoms with Crippen molar-refractivity contribution < 1.29 is 4.42 Å². The van der Waals surface area contributed by atoms with E-state index < -0.39 is 0 Å². The van der Waals surface area contributed by atoms with Gasteiger partial charge in [0.25, 0.3) is 0 Å². The van der Waals surface area contributed by atoms with Gasteiger partial charge in [0, 0.05) is 38.2 Å². The Morgan fingerprint density at radius 3 is 2.04 bits per heavy atom. The van der Waals surface area contributed by atoms with E-state index in [9.17, 15) is 10.5 Å². The second-order valence-corrected chi connectivity index (χ2v) is 12.3. The van der Waals surface area contributed by atoms with Gasteiger partial charge >= 0.3 is 0 Å². The van der Waals surface area contributed by atoms with E-state index >= 15 is 0 Å². The number of nitriles is 2. The van der Waals surface area contributed by atoms with Gasteiger partial charge in [-0.15, -0.1) is 0 Å². The highest BCUT2D eigenvalue weighted by atomic mass is 16.3. The fourth-order valence-electron chi connectivity index (χ4n) is 7.72. The minimum atomic E-state index is 0.569. The lowest BCUT2D eigenvalue weighted by Gasteiger charge is -2.17. The van der Waals surface area contributed by atoms with Crippen LogP contribution in [0, 0.1) is 22.7 Å². The van der Waals surface area contributed by atoms with Crippen molar-refractivity contribution in [1.82, 2.24) is 9.13 Å². The first-order chi connectivity index (χ1) is 24.2. The normalized spacial score (nSPS) is 11.6. The molecular weight excluding hydrogens is 601 g/mol. The minimum Gasteiger partial charge on any atom is -0.455 e. The van der Waals surface area contributed by atoms with Crippen LogP contribution >= 0.6 is 0 Å². The molecule has 10 aromatic rings. The lowest BCUT2D eigenvalue weighted by atomic mass is 9.99. The highest BCUT2D eigenvalue weighted by Crippen LogP contribution is 2.42. The Bertz CT molecular complexity index is 3090. The Kier molecular flexibility index (Phi) is 5.64. The van der Waals surface area contributed by atoms with Gasteiger partial charge in [0.05, 0.1) is 50.3 Å². The molecule has 3 heterocycles. The van der Waals surface area contributed by atoms with Crippen molar-refractivity contribution in [3.05, 3.63) is 157 Å². The Morgan fingerprint density at radius 2 is 1.20 bits per heavy atom. The molecule has 10 rings (SSSR count). The van der Waals surface area contributed by atoms with Gasteiger partial charge in [-0.25, -0.2) is 0 Å². The van der Waals surface area contributed by atoms with E-state index in [1.165, 1.54) is 0 Å². The first kappa shape index (κ1) is 27.1. The maximum atomic E-state index is 10.5. The number of nitrogens with zero attached hydrogens (tertiary/aromatic N) is 4. The van der Waals surface area contributed by atoms with Crippen LogP contribution in [-0.2, 0) is 0 Å². The topological polar surface area (TPSA) is 70.6 Å². The molecule has 0 saturated heterocycles. The van der Waals surface area contributed by atoms with E-state index in [2.05, 4.69) is 112 Å². The average Bonchev–Trinajstić information content (AvgIpc) is 3.82. The highest BCUT2D eigenvalue weighted by molar-refractivity contribution is 6.23. The lowest BCUT2D eigenvalue weighted by Crippen LogP contribution is -2.01. The quantitative estimate of drug-likeness (QED) is 0.196. The zero-order chi connectivity index (χ0) is 32.6. The predicted molar refractivity (Wildman–Crippen MR) is 197 cm³/mol. The standard InChI is InChI=1S/C44H24N4O/c45-25-27-19-21-39-36(23-27)32-12-1-4-16-37(32)48(39)43-29(26-46)10-8-15-31(43)28-9-7-11-30(24-28)47-38-17-5-2-14-35(38)42-40(47)22-20-34-33-13-3-6-18-41(33)49-44(34)42/h1-24H. The van der Waals surface area contributed by atoms with Gasteiger partial charge in [-0.1, -0.05) is 78.9 Å². The Hall–Kier alpha value is -7.08. The first-order valence-corrected chi connectivity index (χ1v) is 16.1. The second-order valence-electron chi connectivity index (χ2n) is 12.3. The first-order valence-electron chi connectivity index (χ1n) is 16.1. The Balaban J connectivity index is 1.25. The van der Waals surface area contributed by atoms with E-state index in [-0.39, 0.29) is 0 Å². The summed E-state index contributed by atoms with van der Waals surface area (Å²) in [6.07, 6.45) is 0. The van der Waals surface area contributed by atoms with Gasteiger partial charge < -0.3 is 13.6 Å². The monoisotopic (exact) mass is 624 g/mol. The summed E-state index contributed by atoms with van der Waals surface area (Å²) >= 11 is 0. The molecule has 0 amide bonds. The molecule has 0 fully saturated rings. The molecule has 0 spiro atoms. The van der Waals surface area contributed by atoms with E-state index in [4.69, 9.17) is 4.42 Å². The third-order valence-corrected chi connectivity index (χ3v) is 9.78. The zero-order valence-corrected chi connectivity index (χ0v) is 26.1. The molecule has 0 aliphatic rings. The summed E-state index contributed by atoms with van der Waals surface area (Å²) in [6.45, 7) is 0. The average molecular weight is 625 g/mol. The molecule has 0 saturated carbocycles. The zero-order valence-electron chi connectivity index (χ0n) is 26.1. The highest BCUT2D eigenvalue weighted by Gasteiger charge is 2.21. The van der Waals surface area contributed by atoms with Crippen LogP contribution in [0.4, 0.5) is 0 Å². The molecule has 7 aromatic carbocycles. The molecule has 0 unspecified atom stereocenters. The molecule has 0 aliphatic heterocycles. The van der Waals surface area contributed by atoms with Crippen LogP contribution in [0.25, 0.3) is 88.1 Å². The summed E-state index contributed by atoms with van der Waals surface area (Å²) in [7, 11) is 0. The third kappa shape index (κ3) is 3.79. The van der Waals surface area contributed by atoms with Crippen molar-refractivity contribution in [1.29, 1.82) is 10.5 Å². The van der Waals surface area contributed by atoms with Gasteiger partial charge in [0.1, 0.15) is 17.2 Å². The van der Waals surface area contributed by atoms with Gasteiger partial charge in [-0.2, -0.15) is 10.5 Å². The van der Waals surface area contributed by atoms with Crippen molar-refractivity contribution in [3.8, 4) is 34.6 Å². The second kappa shape index (κ2) is 10.2. The summed E-state index contributed by atoms with van der Waals surface area (Å²) in [5.74, 6) is 0. The van der Waals surface area contributed by atoms with Crippen LogP contribution in [0.3, 0.4) is 0 Å². The predicted octanol–water partition coefficient (Wildman–Crippen LogP) is 11.2. The van der Waals surface area contributed by atoms with E-state index in [1.54, 1.807) is 0 Å². The number of hydrogen-bond donors (Lipinski definition) is 0. The number of rotatable bonds is 3. The summed E-state index contributed by atoms with van der Waals surface area (Å²) < 4.78 is 11.0. The van der Waals surface area contributed by atoms with Gasteiger partial charge in [-0.05, 0) is 72.3 Å². The number of benzene rings is 7. The van der Waals surface area contributed by atoms with Crippen LogP contribution in [0.2, 0.25) is 0 Å². The summed E-state index contributed by atoms with van der Waals surface area (Å²) in [5, 5.41) is 26.6. The van der Waals surface area contributed by atoms with Crippen LogP contribution in [0.15, 0.2) is 150 Å². The number of para-hydroxylation sites is 4. The molecule has 5 nitrogen and oxygen atoms in total. The molecular formula is C44H24N4O. The smallest absolute Gasteiger partial charge is 0.145 e. The van der Waals surface area contributed by atoms with E-state index in [0.717, 1.165) is 88.1 Å². The fourth-order valence-corrected chi connectivity index (χ4v) is 7.72. The van der Waals surface area contributed by atoms with Crippen molar-refractivity contribution >= 4 is 65.6 Å². The SMILES string of the molecule is N#Cc1ccc2c(c1)c1ccccc1n2-c1c(C#N)cccc1-c1cccc(-n2c3ccccc3c3c4oc5ccccc5c4ccc32)c1. The van der Waals surface area contributed by atoms with Gasteiger partial charge in [-0.3, -0.25) is 0 Å². The summed E-state index contributed by atoms with van der Waals surface area (Å²) in [6, 6.07) is 54.2. The van der Waals surface area contributed by atoms with Crippen molar-refractivity contribution in [3.63, 3.8) is 0 Å². The maximum Gasteiger partial charge on any atom is 0.145 e. The number of aromatic nitrogens is 2. The molecule has 3 aromatic heterocycles. The molecule has 226 valence electrons. The number of furan rings is 1. The van der Waals surface area contributed by atoms with E-state index in [1.807, 2.05) is 54.6 Å². The van der Waals surface area contributed by atoms with Crippen LogP contribution < -0.4 is 0 Å². The summed E-state index contributed by atoms with van der Waals surface area (Å²) in [4.78, 5) is 0. The number of hydrogen-bond acceptors (Lipinski definition) is 3. The third-order valence-electron chi connectivity index (χ3n) is 9.78. The minimum absolute atomic E-state index is 0.569. The Labute approximate surface area is 280 Å². The van der Waals surface area contributed by atoms with Crippen LogP contribution in [0.1, 0.15) is 11.1 Å². The van der Waals surface area contributed by atoms with E-state index in [0.29, 0.717) is 11.1 Å². The largest absolute Gasteiger partial charge is 0.455 e. The molecule has 0 atom stereocenters. The van der Waals surface area contributed by atoms with Gasteiger partial charge in [0.2, 0.25) is 0 Å². The molecule has 0 N–H and O–H groups in total. The van der Waals surface area contributed by atoms with Crippen molar-refractivity contribution in [2.45, 2.75) is 0 Å². The van der Waals surface area contributed by atoms with Crippen LogP contribution in [0.5, 0.6) is 0 Å². The molecule has 0 bridgehead atoms. The van der Waals surface area contributed by atoms with Crippen LogP contribution in [-0.4, -0.2) is 9.13 Å². The van der Waals surface area contributed by atoms with Crippen molar-refractivity contribution in [2.75, 3.05) is 0 Å². The van der Waals surface area contributed by atoms with Crippen molar-refractivity contribution in [2.24, 2.45) is 0 Å². The Morgan fingerprint density at radius 1 is 0.490 bits per heavy atom.